The molecule has 2 aliphatic heterocycles. The minimum atomic E-state index is -1.01. The summed E-state index contributed by atoms with van der Waals surface area (Å²) in [6.45, 7) is 5.25. The Hall–Kier alpha value is -3.68. The van der Waals surface area contributed by atoms with Gasteiger partial charge in [0.05, 0.1) is 19.8 Å². The summed E-state index contributed by atoms with van der Waals surface area (Å²) in [4.78, 5) is 26.5. The molecule has 8 atom stereocenters. The van der Waals surface area contributed by atoms with E-state index in [-0.39, 0.29) is 45.0 Å². The molecule has 5 rings (SSSR count). The van der Waals surface area contributed by atoms with Crippen molar-refractivity contribution in [2.75, 3.05) is 20.3 Å². The first-order chi connectivity index (χ1) is 37.0. The van der Waals surface area contributed by atoms with Gasteiger partial charge in [-0.2, -0.15) is 0 Å². The molecule has 75 heavy (non-hydrogen) atoms. The molecule has 0 aliphatic carbocycles. The summed E-state index contributed by atoms with van der Waals surface area (Å²) in [6.07, 6.45) is 26.5. The Bertz CT molecular complexity index is 1850. The van der Waals surface area contributed by atoms with E-state index in [0.717, 1.165) is 55.2 Å². The van der Waals surface area contributed by atoms with Crippen molar-refractivity contribution in [1.29, 1.82) is 0 Å². The molecule has 3 aromatic carbocycles. The van der Waals surface area contributed by atoms with Crippen molar-refractivity contribution in [1.82, 2.24) is 0 Å². The Morgan fingerprint density at radius 1 is 0.387 bits per heavy atom. The van der Waals surface area contributed by atoms with Gasteiger partial charge < -0.3 is 42.6 Å². The number of benzene rings is 3. The van der Waals surface area contributed by atoms with Crippen LogP contribution in [-0.2, 0) is 72.0 Å². The fraction of sp³-hybridized carbons (Fsp3) is 0.688. The van der Waals surface area contributed by atoms with Crippen molar-refractivity contribution in [3.05, 3.63) is 108 Å². The van der Waals surface area contributed by atoms with Crippen LogP contribution in [0.2, 0.25) is 0 Å². The van der Waals surface area contributed by atoms with Crippen LogP contribution >= 0.6 is 0 Å². The van der Waals surface area contributed by atoms with E-state index in [2.05, 4.69) is 13.8 Å². The number of unbranched alkanes of at least 4 members (excludes halogenated alkanes) is 24. The predicted octanol–water partition coefficient (Wildman–Crippen LogP) is 15.3. The highest BCUT2D eigenvalue weighted by Gasteiger charge is 2.54. The number of ether oxygens (including phenoxy) is 9. The van der Waals surface area contributed by atoms with Crippen molar-refractivity contribution in [2.24, 2.45) is 0 Å². The van der Waals surface area contributed by atoms with E-state index >= 15 is 0 Å². The van der Waals surface area contributed by atoms with Gasteiger partial charge in [0.1, 0.15) is 49.8 Å². The molecule has 2 aliphatic rings. The normalized spacial score (nSPS) is 21.4. The molecule has 0 saturated carbocycles. The zero-order chi connectivity index (χ0) is 52.8. The van der Waals surface area contributed by atoms with Gasteiger partial charge in [-0.05, 0) is 29.5 Å². The Morgan fingerprint density at radius 2 is 0.693 bits per heavy atom. The number of hydrogen-bond acceptors (Lipinski definition) is 11. The highest BCUT2D eigenvalue weighted by molar-refractivity contribution is 5.69. The lowest BCUT2D eigenvalue weighted by molar-refractivity contribution is -0.251. The van der Waals surface area contributed by atoms with Gasteiger partial charge in [0, 0.05) is 20.0 Å². The van der Waals surface area contributed by atoms with Gasteiger partial charge in [0.25, 0.3) is 0 Å². The Kier molecular flexibility index (Phi) is 32.9. The van der Waals surface area contributed by atoms with Gasteiger partial charge in [-0.15, -0.1) is 0 Å². The number of methoxy groups -OCH3 is 1. The van der Waals surface area contributed by atoms with E-state index in [1.54, 1.807) is 7.11 Å². The van der Waals surface area contributed by atoms with Crippen LogP contribution in [0.15, 0.2) is 91.0 Å². The molecule has 2 fully saturated rings. The van der Waals surface area contributed by atoms with Crippen LogP contribution in [0.4, 0.5) is 0 Å². The van der Waals surface area contributed by atoms with Crippen molar-refractivity contribution < 1.29 is 52.2 Å². The molecule has 0 N–H and O–H groups in total. The fourth-order valence-corrected chi connectivity index (χ4v) is 10.2. The van der Waals surface area contributed by atoms with E-state index in [1.165, 1.54) is 128 Å². The maximum Gasteiger partial charge on any atom is 0.305 e. The maximum absolute atomic E-state index is 13.3. The standard InChI is InChI=1S/C64H98O11/c1-4-6-8-10-12-14-16-18-20-22-24-26-37-45-57(65)68-50-55-59(70-47-52-39-31-28-32-40-52)61(72-49-54-43-35-30-36-44-54)64(74-55)75-62-60(71-48-53-41-33-29-34-42-53)56(73-63(62)67-3)51-69-58(66)46-38-27-25-23-21-19-17-15-13-11-9-7-5-2/h28-36,39-44,55-56,59-64H,4-27,37-38,45-51H2,1-3H3/t55-,56-,59-,60-,61+,62+,63+,64+/m1/s1. The van der Waals surface area contributed by atoms with Gasteiger partial charge in [0.15, 0.2) is 12.6 Å². The second kappa shape index (κ2) is 39.6. The summed E-state index contributed by atoms with van der Waals surface area (Å²) in [5, 5.41) is 0. The quantitative estimate of drug-likeness (QED) is 0.0398. The molecule has 2 saturated heterocycles. The number of hydrogen-bond donors (Lipinski definition) is 0. The largest absolute Gasteiger partial charge is 0.463 e. The predicted molar refractivity (Wildman–Crippen MR) is 297 cm³/mol. The molecule has 11 nitrogen and oxygen atoms in total. The summed E-state index contributed by atoms with van der Waals surface area (Å²) in [6, 6.07) is 29.8. The van der Waals surface area contributed by atoms with Crippen molar-refractivity contribution >= 4 is 11.9 Å². The Morgan fingerprint density at radius 3 is 1.04 bits per heavy atom. The smallest absolute Gasteiger partial charge is 0.305 e. The zero-order valence-electron chi connectivity index (χ0n) is 46.6. The van der Waals surface area contributed by atoms with E-state index in [4.69, 9.17) is 42.6 Å². The van der Waals surface area contributed by atoms with Crippen molar-refractivity contribution in [3.8, 4) is 0 Å². The van der Waals surface area contributed by atoms with E-state index < -0.39 is 49.2 Å². The number of carbonyl (C=O) groups is 2. The second-order valence-electron chi connectivity index (χ2n) is 21.1. The third kappa shape index (κ3) is 25.6. The molecule has 3 aromatic rings. The molecule has 0 spiro atoms. The summed E-state index contributed by atoms with van der Waals surface area (Å²) in [5.41, 5.74) is 2.91. The molecule has 0 unspecified atom stereocenters. The lowest BCUT2D eigenvalue weighted by Crippen LogP contribution is -2.45. The fourth-order valence-electron chi connectivity index (χ4n) is 10.2. The minimum absolute atomic E-state index is 0.0312. The first-order valence-electron chi connectivity index (χ1n) is 29.8. The number of rotatable bonds is 44. The molecule has 2 heterocycles. The van der Waals surface area contributed by atoms with Crippen molar-refractivity contribution in [2.45, 2.75) is 263 Å². The molecule has 11 heteroatoms. The minimum Gasteiger partial charge on any atom is -0.463 e. The first-order valence-corrected chi connectivity index (χ1v) is 29.8. The average Bonchev–Trinajstić information content (AvgIpc) is 3.96. The molecule has 420 valence electrons. The zero-order valence-corrected chi connectivity index (χ0v) is 46.6. The van der Waals surface area contributed by atoms with Gasteiger partial charge in [-0.3, -0.25) is 9.59 Å². The second-order valence-corrected chi connectivity index (χ2v) is 21.1. The van der Waals surface area contributed by atoms with Crippen molar-refractivity contribution in [3.63, 3.8) is 0 Å². The summed E-state index contributed by atoms with van der Waals surface area (Å²) >= 11 is 0. The van der Waals surface area contributed by atoms with Gasteiger partial charge >= 0.3 is 11.9 Å². The van der Waals surface area contributed by atoms with E-state index in [9.17, 15) is 9.59 Å². The lowest BCUT2D eigenvalue weighted by Gasteiger charge is -2.29. The van der Waals surface area contributed by atoms with Gasteiger partial charge in [-0.25, -0.2) is 0 Å². The summed E-state index contributed by atoms with van der Waals surface area (Å²) in [7, 11) is 1.56. The molecule has 0 radical (unpaired) electrons. The molecule has 0 aromatic heterocycles. The third-order valence-electron chi connectivity index (χ3n) is 14.7. The number of carbonyl (C=O) groups excluding carboxylic acids is 2. The third-order valence-corrected chi connectivity index (χ3v) is 14.7. The Labute approximate surface area is 453 Å². The lowest BCUT2D eigenvalue weighted by atomic mass is 10.0. The van der Waals surface area contributed by atoms with Gasteiger partial charge in [0.2, 0.25) is 0 Å². The molecular weight excluding hydrogens is 945 g/mol. The average molecular weight is 1040 g/mol. The van der Waals surface area contributed by atoms with Crippen LogP contribution < -0.4 is 0 Å². The first kappa shape index (κ1) is 62.2. The van der Waals surface area contributed by atoms with Crippen LogP contribution in [0.25, 0.3) is 0 Å². The van der Waals surface area contributed by atoms with Crippen LogP contribution in [-0.4, -0.2) is 81.5 Å². The SMILES string of the molecule is CCCCCCCCCCCCCCCC(=O)OC[C@H]1O[C@@H](O[C@@H]2[C@@H](OC)O[C@H](COC(=O)CCCCCCCCCCCCCCC)[C@H]2OCc2ccccc2)[C@@H](OCc2ccccc2)[C@@H]1OCc1ccccc1. The summed E-state index contributed by atoms with van der Waals surface area (Å²) in [5.74, 6) is -0.528. The monoisotopic (exact) mass is 1040 g/mol. The highest BCUT2D eigenvalue weighted by Crippen LogP contribution is 2.36. The molecular formula is C64H98O11. The summed E-state index contributed by atoms with van der Waals surface area (Å²) < 4.78 is 58.1. The molecule has 0 amide bonds. The number of esters is 2. The van der Waals surface area contributed by atoms with Crippen LogP contribution in [0.1, 0.15) is 210 Å². The molecule has 0 bridgehead atoms. The Balaban J connectivity index is 1.19. The van der Waals surface area contributed by atoms with Crippen LogP contribution in [0.3, 0.4) is 0 Å². The van der Waals surface area contributed by atoms with Crippen LogP contribution in [0, 0.1) is 0 Å². The highest BCUT2D eigenvalue weighted by atomic mass is 16.8. The van der Waals surface area contributed by atoms with E-state index in [1.807, 2.05) is 91.0 Å². The van der Waals surface area contributed by atoms with Gasteiger partial charge in [-0.1, -0.05) is 259 Å². The maximum atomic E-state index is 13.3. The topological polar surface area (TPSA) is 117 Å². The van der Waals surface area contributed by atoms with Crippen LogP contribution in [0.5, 0.6) is 0 Å². The van der Waals surface area contributed by atoms with E-state index in [0.29, 0.717) is 12.8 Å².